The van der Waals surface area contributed by atoms with Gasteiger partial charge in [-0.2, -0.15) is 0 Å². The first-order valence-electron chi connectivity index (χ1n) is 9.12. The number of rotatable bonds is 5. The van der Waals surface area contributed by atoms with Crippen LogP contribution in [0, 0.1) is 0 Å². The molecule has 1 unspecified atom stereocenters. The van der Waals surface area contributed by atoms with Crippen LogP contribution in [0.2, 0.25) is 0 Å². The van der Waals surface area contributed by atoms with Crippen molar-refractivity contribution in [3.05, 3.63) is 53.6 Å². The highest BCUT2D eigenvalue weighted by atomic mass is 16.5. The summed E-state index contributed by atoms with van der Waals surface area (Å²) < 4.78 is 16.0. The monoisotopic (exact) mass is 396 g/mol. The number of benzene rings is 2. The first-order chi connectivity index (χ1) is 14.0. The van der Waals surface area contributed by atoms with Gasteiger partial charge in [0.25, 0.3) is 5.91 Å². The fourth-order valence-electron chi connectivity index (χ4n) is 3.76. The van der Waals surface area contributed by atoms with Crippen LogP contribution >= 0.6 is 0 Å². The van der Waals surface area contributed by atoms with E-state index < -0.39 is 17.5 Å². The topological polar surface area (TPSA) is 94.2 Å². The van der Waals surface area contributed by atoms with E-state index in [1.54, 1.807) is 36.4 Å². The molecule has 0 saturated carbocycles. The molecule has 0 aliphatic carbocycles. The Hall–Kier alpha value is -3.55. The zero-order valence-electron chi connectivity index (χ0n) is 16.1. The normalized spacial score (nSPS) is 20.1. The van der Waals surface area contributed by atoms with Crippen molar-refractivity contribution in [1.82, 2.24) is 10.2 Å². The molecule has 8 heteroatoms. The number of fused-ring (bicyclic) bond motifs is 2. The molecule has 1 spiro atoms. The molecule has 2 aromatic carbocycles. The summed E-state index contributed by atoms with van der Waals surface area (Å²) in [5.74, 6) is 0.599. The molecule has 0 aromatic heterocycles. The highest BCUT2D eigenvalue weighted by molar-refractivity contribution is 6.11. The van der Waals surface area contributed by atoms with Gasteiger partial charge in [-0.1, -0.05) is 18.2 Å². The predicted octanol–water partition coefficient (Wildman–Crippen LogP) is 2.12. The van der Waals surface area contributed by atoms with Crippen LogP contribution in [0.25, 0.3) is 0 Å². The van der Waals surface area contributed by atoms with Crippen molar-refractivity contribution < 1.29 is 28.6 Å². The maximum absolute atomic E-state index is 13.2. The van der Waals surface area contributed by atoms with Crippen molar-refractivity contribution in [2.75, 3.05) is 27.4 Å². The lowest BCUT2D eigenvalue weighted by Crippen LogP contribution is -2.47. The van der Waals surface area contributed by atoms with Gasteiger partial charge in [0.15, 0.2) is 22.8 Å². The number of nitrogens with one attached hydrogen (secondary N) is 1. The summed E-state index contributed by atoms with van der Waals surface area (Å²) in [5.41, 5.74) is -0.286. The van der Waals surface area contributed by atoms with E-state index in [0.717, 1.165) is 4.90 Å². The van der Waals surface area contributed by atoms with Gasteiger partial charge in [0.05, 0.1) is 27.4 Å². The summed E-state index contributed by atoms with van der Waals surface area (Å²) in [4.78, 5) is 39.6. The molecule has 1 saturated heterocycles. The van der Waals surface area contributed by atoms with Crippen molar-refractivity contribution in [3.63, 3.8) is 0 Å². The molecule has 4 rings (SSSR count). The number of carbonyl (C=O) groups is 3. The molecule has 1 atom stereocenters. The maximum Gasteiger partial charge on any atom is 0.325 e. The summed E-state index contributed by atoms with van der Waals surface area (Å²) in [6.45, 7) is -0.0780. The van der Waals surface area contributed by atoms with Gasteiger partial charge in [-0.05, 0) is 24.3 Å². The lowest BCUT2D eigenvalue weighted by atomic mass is 9.84. The Bertz CT molecular complexity index is 1000. The fraction of sp³-hybridized carbons (Fsp3) is 0.286. The third kappa shape index (κ3) is 2.97. The molecular weight excluding hydrogens is 376 g/mol. The Labute approximate surface area is 167 Å². The van der Waals surface area contributed by atoms with Crippen molar-refractivity contribution in [1.29, 1.82) is 0 Å². The lowest BCUT2D eigenvalue weighted by molar-refractivity contribution is -0.132. The molecule has 0 radical (unpaired) electrons. The average Bonchev–Trinajstić information content (AvgIpc) is 2.98. The molecule has 2 aliphatic heterocycles. The molecule has 2 aliphatic rings. The number of hydrogen-bond acceptors (Lipinski definition) is 6. The van der Waals surface area contributed by atoms with Gasteiger partial charge in [0.1, 0.15) is 5.75 Å². The van der Waals surface area contributed by atoms with Crippen LogP contribution in [-0.4, -0.2) is 50.0 Å². The second kappa shape index (κ2) is 7.12. The van der Waals surface area contributed by atoms with Gasteiger partial charge >= 0.3 is 6.03 Å². The molecule has 3 amide bonds. The van der Waals surface area contributed by atoms with Crippen LogP contribution in [-0.2, 0) is 10.3 Å². The van der Waals surface area contributed by atoms with E-state index in [1.807, 2.05) is 0 Å². The van der Waals surface area contributed by atoms with Crippen molar-refractivity contribution in [2.45, 2.75) is 12.0 Å². The van der Waals surface area contributed by atoms with E-state index in [0.29, 0.717) is 41.4 Å². The molecule has 8 nitrogen and oxygen atoms in total. The zero-order chi connectivity index (χ0) is 20.6. The number of nitrogens with zero attached hydrogens (tertiary/aromatic N) is 1. The fourth-order valence-corrected chi connectivity index (χ4v) is 3.76. The van der Waals surface area contributed by atoms with Gasteiger partial charge in [-0.25, -0.2) is 4.79 Å². The minimum Gasteiger partial charge on any atom is -0.493 e. The number of hydrogen-bond donors (Lipinski definition) is 1. The molecule has 1 fully saturated rings. The Morgan fingerprint density at radius 1 is 1.14 bits per heavy atom. The Morgan fingerprint density at radius 3 is 2.66 bits per heavy atom. The number of ether oxygens (including phenoxy) is 3. The van der Waals surface area contributed by atoms with E-state index in [4.69, 9.17) is 14.2 Å². The third-order valence-electron chi connectivity index (χ3n) is 5.26. The van der Waals surface area contributed by atoms with Crippen LogP contribution < -0.4 is 19.5 Å². The maximum atomic E-state index is 13.2. The van der Waals surface area contributed by atoms with E-state index in [2.05, 4.69) is 5.32 Å². The minimum absolute atomic E-state index is 0.292. The molecule has 2 heterocycles. The van der Waals surface area contributed by atoms with Crippen LogP contribution in [0.4, 0.5) is 4.79 Å². The molecule has 2 aromatic rings. The van der Waals surface area contributed by atoms with E-state index in [-0.39, 0.29) is 12.3 Å². The summed E-state index contributed by atoms with van der Waals surface area (Å²) in [6.07, 6.45) is 0.301. The number of Topliss-reactive ketones (excluding diaryl/α,β-unsaturated/α-hetero) is 1. The number of ketones is 1. The minimum atomic E-state index is -1.20. The predicted molar refractivity (Wildman–Crippen MR) is 102 cm³/mol. The number of carbonyl (C=O) groups excluding carboxylic acids is 3. The molecule has 1 N–H and O–H groups in total. The second-order valence-corrected chi connectivity index (χ2v) is 6.81. The lowest BCUT2D eigenvalue weighted by Gasteiger charge is -2.33. The third-order valence-corrected chi connectivity index (χ3v) is 5.26. The second-order valence-electron chi connectivity index (χ2n) is 6.81. The number of amides is 3. The van der Waals surface area contributed by atoms with Gasteiger partial charge in [-0.15, -0.1) is 0 Å². The molecule has 150 valence electrons. The van der Waals surface area contributed by atoms with Crippen LogP contribution in [0.15, 0.2) is 42.5 Å². The first-order valence-corrected chi connectivity index (χ1v) is 9.12. The highest BCUT2D eigenvalue weighted by Crippen LogP contribution is 2.41. The number of urea groups is 1. The summed E-state index contributed by atoms with van der Waals surface area (Å²) in [7, 11) is 2.97. The largest absolute Gasteiger partial charge is 0.493 e. The van der Waals surface area contributed by atoms with E-state index >= 15 is 0 Å². The number of imide groups is 1. The van der Waals surface area contributed by atoms with Crippen molar-refractivity contribution in [3.8, 4) is 17.2 Å². The first kappa shape index (κ1) is 18.8. The van der Waals surface area contributed by atoms with Crippen LogP contribution in [0.5, 0.6) is 17.2 Å². The van der Waals surface area contributed by atoms with E-state index in [9.17, 15) is 14.4 Å². The van der Waals surface area contributed by atoms with Crippen LogP contribution in [0.3, 0.4) is 0 Å². The van der Waals surface area contributed by atoms with Crippen molar-refractivity contribution in [2.24, 2.45) is 0 Å². The SMILES string of the molecule is COc1ccc(C(=O)CN2C(=O)NC3(CCOc4ccccc43)C2=O)cc1OC. The number of methoxy groups -OCH3 is 2. The Balaban J connectivity index is 1.61. The van der Waals surface area contributed by atoms with Crippen LogP contribution in [0.1, 0.15) is 22.3 Å². The highest BCUT2D eigenvalue weighted by Gasteiger charge is 2.55. The standard InChI is InChI=1S/C21H20N2O6/c1-27-17-8-7-13(11-18(17)28-2)15(24)12-23-19(25)21(22-20(23)26)9-10-29-16-6-4-3-5-14(16)21/h3-8,11H,9-10,12H2,1-2H3,(H,22,26). The summed E-state index contributed by atoms with van der Waals surface area (Å²) >= 11 is 0. The summed E-state index contributed by atoms with van der Waals surface area (Å²) in [6, 6.07) is 11.2. The van der Waals surface area contributed by atoms with Gasteiger partial charge < -0.3 is 19.5 Å². The van der Waals surface area contributed by atoms with Gasteiger partial charge in [0, 0.05) is 17.5 Å². The van der Waals surface area contributed by atoms with E-state index in [1.165, 1.54) is 20.3 Å². The van der Waals surface area contributed by atoms with Gasteiger partial charge in [0.2, 0.25) is 0 Å². The molecular formula is C21H20N2O6. The number of para-hydroxylation sites is 1. The van der Waals surface area contributed by atoms with Gasteiger partial charge in [-0.3, -0.25) is 14.5 Å². The Morgan fingerprint density at radius 2 is 1.90 bits per heavy atom. The summed E-state index contributed by atoms with van der Waals surface area (Å²) in [5, 5.41) is 2.78. The quantitative estimate of drug-likeness (QED) is 0.615. The van der Waals surface area contributed by atoms with Crippen molar-refractivity contribution >= 4 is 17.7 Å². The Kier molecular flexibility index (Phi) is 4.62. The molecule has 0 bridgehead atoms. The zero-order valence-corrected chi connectivity index (χ0v) is 16.1. The smallest absolute Gasteiger partial charge is 0.325 e. The average molecular weight is 396 g/mol. The molecule has 29 heavy (non-hydrogen) atoms.